The highest BCUT2D eigenvalue weighted by Gasteiger charge is 2.19. The maximum Gasteiger partial charge on any atom is 0.276 e. The van der Waals surface area contributed by atoms with Gasteiger partial charge in [-0.15, -0.1) is 0 Å². The lowest BCUT2D eigenvalue weighted by atomic mass is 10.3. The van der Waals surface area contributed by atoms with Gasteiger partial charge in [0.15, 0.2) is 0 Å². The molecule has 23 heavy (non-hydrogen) atoms. The topological polar surface area (TPSA) is 105 Å². The van der Waals surface area contributed by atoms with E-state index in [0.29, 0.717) is 11.4 Å². The number of sulfonamides is 1. The summed E-state index contributed by atoms with van der Waals surface area (Å²) in [7, 11) is -4.63. The second-order valence-electron chi connectivity index (χ2n) is 5.05. The summed E-state index contributed by atoms with van der Waals surface area (Å²) in [4.78, 5) is 0. The van der Waals surface area contributed by atoms with E-state index in [1.807, 2.05) is 18.6 Å². The van der Waals surface area contributed by atoms with Gasteiger partial charge in [0.2, 0.25) is 10.0 Å². The molecule has 0 aliphatic carbocycles. The number of nitrogens with zero attached hydrogens (tertiary/aromatic N) is 1. The maximum atomic E-state index is 12.2. The molecule has 0 spiro atoms. The Morgan fingerprint density at radius 2 is 1.70 bits per heavy atom. The lowest BCUT2D eigenvalue weighted by Crippen LogP contribution is -2.39. The molecule has 0 aliphatic rings. The van der Waals surface area contributed by atoms with Crippen LogP contribution in [0.4, 0.5) is 5.69 Å². The van der Waals surface area contributed by atoms with Crippen molar-refractivity contribution in [2.24, 2.45) is 0 Å². The lowest BCUT2D eigenvalue weighted by molar-refractivity contribution is 0.242. The molecule has 0 amide bonds. The maximum absolute atomic E-state index is 12.2. The van der Waals surface area contributed by atoms with E-state index in [1.165, 1.54) is 14.1 Å². The minimum atomic E-state index is -3.65. The van der Waals surface area contributed by atoms with Crippen LogP contribution in [0.15, 0.2) is 24.3 Å². The Balaban J connectivity index is 2.72. The van der Waals surface area contributed by atoms with E-state index in [1.54, 1.807) is 24.3 Å². The molecule has 2 N–H and O–H groups in total. The minimum Gasteiger partial charge on any atom is -0.491 e. The fourth-order valence-corrected chi connectivity index (χ4v) is 3.40. The number of ether oxygens (including phenoxy) is 1. The highest BCUT2D eigenvalue weighted by molar-refractivity contribution is 7.92. The quantitative estimate of drug-likeness (QED) is 0.655. The van der Waals surface area contributed by atoms with E-state index in [9.17, 15) is 16.8 Å². The number of benzene rings is 1. The number of hydrogen-bond acceptors (Lipinski definition) is 5. The van der Waals surface area contributed by atoms with Gasteiger partial charge in [-0.1, -0.05) is 0 Å². The number of nitrogens with one attached hydrogen (secondary N) is 2. The van der Waals surface area contributed by atoms with Crippen LogP contribution in [0, 0.1) is 0 Å². The van der Waals surface area contributed by atoms with Crippen molar-refractivity contribution in [1.82, 2.24) is 9.44 Å². The van der Waals surface area contributed by atoms with Crippen LogP contribution in [-0.2, 0) is 20.2 Å². The smallest absolute Gasteiger partial charge is 0.276 e. The minimum absolute atomic E-state index is 0.0301. The molecule has 0 radical (unpaired) electrons. The van der Waals surface area contributed by atoms with Crippen LogP contribution in [0.5, 0.6) is 5.75 Å². The molecule has 0 saturated heterocycles. The highest BCUT2D eigenvalue weighted by Crippen LogP contribution is 2.21. The highest BCUT2D eigenvalue weighted by atomic mass is 32.2. The summed E-state index contributed by atoms with van der Waals surface area (Å²) in [6, 6.07) is 6.64. The summed E-state index contributed by atoms with van der Waals surface area (Å²) in [5.41, 5.74) is 0.470. The molecule has 1 aromatic carbocycles. The van der Waals surface area contributed by atoms with Crippen molar-refractivity contribution in [3.8, 4) is 5.75 Å². The first-order valence-electron chi connectivity index (χ1n) is 6.99. The molecule has 1 aromatic rings. The van der Waals surface area contributed by atoms with Crippen LogP contribution in [0.2, 0.25) is 0 Å². The van der Waals surface area contributed by atoms with Crippen molar-refractivity contribution >= 4 is 25.9 Å². The van der Waals surface area contributed by atoms with Crippen LogP contribution in [0.3, 0.4) is 0 Å². The van der Waals surface area contributed by atoms with Gasteiger partial charge >= 0.3 is 0 Å². The Bertz CT molecular complexity index is 700. The normalized spacial score (nSPS) is 12.4. The predicted molar refractivity (Wildman–Crippen MR) is 90.4 cm³/mol. The van der Waals surface area contributed by atoms with E-state index in [2.05, 4.69) is 4.72 Å². The Morgan fingerprint density at radius 3 is 2.17 bits per heavy atom. The average molecular weight is 365 g/mol. The van der Waals surface area contributed by atoms with E-state index in [-0.39, 0.29) is 18.4 Å². The molecule has 132 valence electrons. The van der Waals surface area contributed by atoms with Gasteiger partial charge in [-0.3, -0.25) is 4.31 Å². The van der Waals surface area contributed by atoms with Crippen LogP contribution < -0.4 is 18.5 Å². The molecule has 0 aromatic heterocycles. The summed E-state index contributed by atoms with van der Waals surface area (Å²) in [5, 5.41) is 0. The first-order valence-corrected chi connectivity index (χ1v) is 10.1. The first kappa shape index (κ1) is 19.7. The third kappa shape index (κ3) is 6.34. The summed E-state index contributed by atoms with van der Waals surface area (Å²) < 4.78 is 57.6. The van der Waals surface area contributed by atoms with Gasteiger partial charge in [0.25, 0.3) is 10.2 Å². The molecular weight excluding hydrogens is 342 g/mol. The fraction of sp³-hybridized carbons (Fsp3) is 0.538. The molecular formula is C13H23N3O5S2. The van der Waals surface area contributed by atoms with E-state index in [4.69, 9.17) is 4.74 Å². The monoisotopic (exact) mass is 365 g/mol. The van der Waals surface area contributed by atoms with Gasteiger partial charge in [-0.05, 0) is 38.1 Å². The largest absolute Gasteiger partial charge is 0.491 e. The number of anilines is 1. The first-order chi connectivity index (χ1) is 10.6. The van der Waals surface area contributed by atoms with E-state index < -0.39 is 20.2 Å². The molecule has 8 nitrogen and oxygen atoms in total. The molecule has 1 rings (SSSR count). The second-order valence-corrected chi connectivity index (χ2v) is 8.87. The predicted octanol–water partition coefficient (Wildman–Crippen LogP) is 0.294. The van der Waals surface area contributed by atoms with Gasteiger partial charge in [0.05, 0.1) is 17.5 Å². The molecule has 10 heteroatoms. The number of rotatable bonds is 9. The standard InChI is InChI=1S/C13H23N3O5S2/c1-11(2)21-13-7-5-12(6-8-13)16(4)22(17,18)10-9-15-23(19,20)14-3/h5-8,11,14-15H,9-10H2,1-4H3. The van der Waals surface area contributed by atoms with E-state index in [0.717, 1.165) is 4.31 Å². The molecule has 0 bridgehead atoms. The molecule has 0 heterocycles. The van der Waals surface area contributed by atoms with Gasteiger partial charge in [0, 0.05) is 20.6 Å². The van der Waals surface area contributed by atoms with Gasteiger partial charge in [0.1, 0.15) is 5.75 Å². The van der Waals surface area contributed by atoms with Crippen LogP contribution in [-0.4, -0.2) is 49.3 Å². The molecule has 0 atom stereocenters. The Morgan fingerprint density at radius 1 is 1.13 bits per heavy atom. The van der Waals surface area contributed by atoms with Gasteiger partial charge in [-0.2, -0.15) is 8.42 Å². The molecule has 0 fully saturated rings. The third-order valence-electron chi connectivity index (χ3n) is 2.91. The van der Waals surface area contributed by atoms with Crippen molar-refractivity contribution in [1.29, 1.82) is 0 Å². The summed E-state index contributed by atoms with van der Waals surface area (Å²) >= 11 is 0. The summed E-state index contributed by atoms with van der Waals surface area (Å²) in [6.07, 6.45) is 0.0301. The Kier molecular flexibility index (Phi) is 6.81. The Labute approximate surface area is 138 Å². The van der Waals surface area contributed by atoms with Gasteiger partial charge < -0.3 is 4.74 Å². The summed E-state index contributed by atoms with van der Waals surface area (Å²) in [5.74, 6) is 0.297. The van der Waals surface area contributed by atoms with E-state index >= 15 is 0 Å². The second kappa shape index (κ2) is 7.95. The lowest BCUT2D eigenvalue weighted by Gasteiger charge is -2.20. The average Bonchev–Trinajstić information content (AvgIpc) is 2.46. The zero-order valence-corrected chi connectivity index (χ0v) is 15.2. The zero-order valence-electron chi connectivity index (χ0n) is 13.6. The fourth-order valence-electron chi connectivity index (χ4n) is 1.68. The Hall–Kier alpha value is -1.36. The van der Waals surface area contributed by atoms with Crippen molar-refractivity contribution in [3.05, 3.63) is 24.3 Å². The molecule has 0 aliphatic heterocycles. The van der Waals surface area contributed by atoms with Crippen molar-refractivity contribution in [2.75, 3.05) is 30.7 Å². The van der Waals surface area contributed by atoms with Crippen molar-refractivity contribution < 1.29 is 21.6 Å². The zero-order chi connectivity index (χ0) is 17.7. The number of hydrogen-bond donors (Lipinski definition) is 2. The van der Waals surface area contributed by atoms with Gasteiger partial charge in [-0.25, -0.2) is 17.9 Å². The third-order valence-corrected chi connectivity index (χ3v) is 5.80. The van der Waals surface area contributed by atoms with Crippen LogP contribution in [0.25, 0.3) is 0 Å². The SMILES string of the molecule is CNS(=O)(=O)NCCS(=O)(=O)N(C)c1ccc(OC(C)C)cc1. The molecule has 0 saturated carbocycles. The van der Waals surface area contributed by atoms with Crippen molar-refractivity contribution in [2.45, 2.75) is 20.0 Å². The van der Waals surface area contributed by atoms with Crippen molar-refractivity contribution in [3.63, 3.8) is 0 Å². The molecule has 0 unspecified atom stereocenters. The van der Waals surface area contributed by atoms with Crippen LogP contribution in [0.1, 0.15) is 13.8 Å². The van der Waals surface area contributed by atoms with Crippen LogP contribution >= 0.6 is 0 Å². The summed E-state index contributed by atoms with van der Waals surface area (Å²) in [6.45, 7) is 3.58.